The first-order valence-corrected chi connectivity index (χ1v) is 7.36. The zero-order valence-corrected chi connectivity index (χ0v) is 12.7. The standard InChI is InChI=1S/C16H25N3O/c1-12-4-5-15(14(10-12)11-17-2)19-8-6-13(7-9-19)16(20)18-3/h4-5,10,13,17H,6-9,11H2,1-3H3,(H,18,20). The summed E-state index contributed by atoms with van der Waals surface area (Å²) < 4.78 is 0. The molecular formula is C16H25N3O. The normalized spacial score (nSPS) is 16.2. The van der Waals surface area contributed by atoms with Crippen molar-refractivity contribution < 1.29 is 4.79 Å². The van der Waals surface area contributed by atoms with Crippen LogP contribution in [-0.4, -0.2) is 33.1 Å². The molecule has 4 heteroatoms. The zero-order chi connectivity index (χ0) is 14.5. The summed E-state index contributed by atoms with van der Waals surface area (Å²) >= 11 is 0. The number of rotatable bonds is 4. The van der Waals surface area contributed by atoms with Gasteiger partial charge in [-0.1, -0.05) is 17.7 Å². The number of carbonyl (C=O) groups is 1. The molecule has 2 rings (SSSR count). The number of piperidine rings is 1. The van der Waals surface area contributed by atoms with E-state index in [0.717, 1.165) is 32.5 Å². The molecule has 20 heavy (non-hydrogen) atoms. The van der Waals surface area contributed by atoms with Gasteiger partial charge >= 0.3 is 0 Å². The summed E-state index contributed by atoms with van der Waals surface area (Å²) in [5.41, 5.74) is 3.94. The molecule has 0 spiro atoms. The maximum Gasteiger partial charge on any atom is 0.222 e. The summed E-state index contributed by atoms with van der Waals surface area (Å²) in [6.45, 7) is 4.92. The minimum atomic E-state index is 0.175. The SMILES string of the molecule is CNCc1cc(C)ccc1N1CCC(C(=O)NC)CC1. The third-order valence-corrected chi connectivity index (χ3v) is 4.06. The predicted octanol–water partition coefficient (Wildman–Crippen LogP) is 1.68. The first kappa shape index (κ1) is 14.9. The quantitative estimate of drug-likeness (QED) is 0.878. The van der Waals surface area contributed by atoms with E-state index in [1.165, 1.54) is 16.8 Å². The van der Waals surface area contributed by atoms with Gasteiger partial charge in [0.15, 0.2) is 0 Å². The van der Waals surface area contributed by atoms with Gasteiger partial charge in [-0.2, -0.15) is 0 Å². The number of carbonyl (C=O) groups excluding carboxylic acids is 1. The molecule has 0 unspecified atom stereocenters. The zero-order valence-electron chi connectivity index (χ0n) is 12.7. The molecule has 0 aliphatic carbocycles. The first-order valence-electron chi connectivity index (χ1n) is 7.36. The number of hydrogen-bond donors (Lipinski definition) is 2. The number of aryl methyl sites for hydroxylation is 1. The summed E-state index contributed by atoms with van der Waals surface area (Å²) in [6, 6.07) is 6.62. The topological polar surface area (TPSA) is 44.4 Å². The summed E-state index contributed by atoms with van der Waals surface area (Å²) in [6.07, 6.45) is 1.87. The van der Waals surface area contributed by atoms with Crippen molar-refractivity contribution in [3.05, 3.63) is 29.3 Å². The van der Waals surface area contributed by atoms with Crippen LogP contribution in [0.2, 0.25) is 0 Å². The Balaban J connectivity index is 2.08. The lowest BCUT2D eigenvalue weighted by Gasteiger charge is -2.34. The molecule has 0 saturated carbocycles. The summed E-state index contributed by atoms with van der Waals surface area (Å²) in [7, 11) is 3.70. The molecule has 4 nitrogen and oxygen atoms in total. The van der Waals surface area contributed by atoms with Crippen LogP contribution in [0.15, 0.2) is 18.2 Å². The number of hydrogen-bond acceptors (Lipinski definition) is 3. The number of amides is 1. The highest BCUT2D eigenvalue weighted by atomic mass is 16.1. The molecule has 0 atom stereocenters. The average molecular weight is 275 g/mol. The molecule has 1 aromatic carbocycles. The van der Waals surface area contributed by atoms with Crippen LogP contribution >= 0.6 is 0 Å². The van der Waals surface area contributed by atoms with Crippen LogP contribution in [0.3, 0.4) is 0 Å². The van der Waals surface area contributed by atoms with Crippen molar-refractivity contribution in [2.75, 3.05) is 32.1 Å². The van der Waals surface area contributed by atoms with Gasteiger partial charge in [-0.25, -0.2) is 0 Å². The van der Waals surface area contributed by atoms with Crippen LogP contribution < -0.4 is 15.5 Å². The molecular weight excluding hydrogens is 250 g/mol. The smallest absolute Gasteiger partial charge is 0.222 e. The van der Waals surface area contributed by atoms with E-state index in [1.807, 2.05) is 7.05 Å². The Hall–Kier alpha value is -1.55. The Morgan fingerprint density at radius 2 is 2.00 bits per heavy atom. The average Bonchev–Trinajstić information content (AvgIpc) is 2.47. The lowest BCUT2D eigenvalue weighted by atomic mass is 9.95. The van der Waals surface area contributed by atoms with Crippen molar-refractivity contribution in [2.45, 2.75) is 26.3 Å². The van der Waals surface area contributed by atoms with Crippen LogP contribution in [0.5, 0.6) is 0 Å². The third kappa shape index (κ3) is 3.31. The van der Waals surface area contributed by atoms with E-state index in [2.05, 4.69) is 40.7 Å². The van der Waals surface area contributed by atoms with Gasteiger partial charge in [0.25, 0.3) is 0 Å². The molecule has 0 bridgehead atoms. The lowest BCUT2D eigenvalue weighted by molar-refractivity contribution is -0.125. The fourth-order valence-corrected chi connectivity index (χ4v) is 2.94. The summed E-state index contributed by atoms with van der Waals surface area (Å²) in [5.74, 6) is 0.360. The van der Waals surface area contributed by atoms with E-state index < -0.39 is 0 Å². The van der Waals surface area contributed by atoms with Crippen molar-refractivity contribution in [3.63, 3.8) is 0 Å². The number of nitrogens with one attached hydrogen (secondary N) is 2. The fraction of sp³-hybridized carbons (Fsp3) is 0.562. The fourth-order valence-electron chi connectivity index (χ4n) is 2.94. The van der Waals surface area contributed by atoms with Gasteiger partial charge in [0.2, 0.25) is 5.91 Å². The van der Waals surface area contributed by atoms with Crippen LogP contribution in [0.1, 0.15) is 24.0 Å². The third-order valence-electron chi connectivity index (χ3n) is 4.06. The number of anilines is 1. The van der Waals surface area contributed by atoms with Gasteiger partial charge < -0.3 is 15.5 Å². The van der Waals surface area contributed by atoms with E-state index >= 15 is 0 Å². The monoisotopic (exact) mass is 275 g/mol. The van der Waals surface area contributed by atoms with Crippen LogP contribution in [0.4, 0.5) is 5.69 Å². The Bertz CT molecular complexity index is 465. The van der Waals surface area contributed by atoms with E-state index in [4.69, 9.17) is 0 Å². The highest BCUT2D eigenvalue weighted by Crippen LogP contribution is 2.27. The Morgan fingerprint density at radius 1 is 1.30 bits per heavy atom. The molecule has 1 saturated heterocycles. The van der Waals surface area contributed by atoms with Crippen molar-refractivity contribution in [2.24, 2.45) is 5.92 Å². The Kier molecular flexibility index (Phi) is 5.01. The molecule has 1 aromatic rings. The van der Waals surface area contributed by atoms with Crippen LogP contribution in [0.25, 0.3) is 0 Å². The highest BCUT2D eigenvalue weighted by Gasteiger charge is 2.25. The van der Waals surface area contributed by atoms with Gasteiger partial charge in [0.1, 0.15) is 0 Å². The molecule has 1 fully saturated rings. The molecule has 0 radical (unpaired) electrons. The molecule has 2 N–H and O–H groups in total. The van der Waals surface area contributed by atoms with Gasteiger partial charge in [0, 0.05) is 38.3 Å². The second kappa shape index (κ2) is 6.75. The van der Waals surface area contributed by atoms with Gasteiger partial charge in [-0.15, -0.1) is 0 Å². The number of nitrogens with zero attached hydrogens (tertiary/aromatic N) is 1. The molecule has 0 aromatic heterocycles. The largest absolute Gasteiger partial charge is 0.371 e. The van der Waals surface area contributed by atoms with Crippen molar-refractivity contribution in [1.29, 1.82) is 0 Å². The first-order chi connectivity index (χ1) is 9.65. The molecule has 110 valence electrons. The molecule has 1 aliphatic heterocycles. The van der Waals surface area contributed by atoms with Crippen LogP contribution in [0, 0.1) is 12.8 Å². The highest BCUT2D eigenvalue weighted by molar-refractivity contribution is 5.78. The minimum Gasteiger partial charge on any atom is -0.371 e. The summed E-state index contributed by atoms with van der Waals surface area (Å²) in [4.78, 5) is 14.1. The molecule has 1 heterocycles. The van der Waals surface area contributed by atoms with Gasteiger partial charge in [-0.05, 0) is 38.4 Å². The Labute approximate surface area is 121 Å². The molecule has 1 amide bonds. The van der Waals surface area contributed by atoms with E-state index in [9.17, 15) is 4.79 Å². The second-order valence-electron chi connectivity index (χ2n) is 5.54. The lowest BCUT2D eigenvalue weighted by Crippen LogP contribution is -2.40. The summed E-state index contributed by atoms with van der Waals surface area (Å²) in [5, 5.41) is 6.00. The molecule has 1 aliphatic rings. The number of benzene rings is 1. The maximum absolute atomic E-state index is 11.7. The van der Waals surface area contributed by atoms with Gasteiger partial charge in [-0.3, -0.25) is 4.79 Å². The van der Waals surface area contributed by atoms with Crippen LogP contribution in [-0.2, 0) is 11.3 Å². The van der Waals surface area contributed by atoms with Crippen molar-refractivity contribution >= 4 is 11.6 Å². The Morgan fingerprint density at radius 3 is 2.60 bits per heavy atom. The van der Waals surface area contributed by atoms with Crippen molar-refractivity contribution in [3.8, 4) is 0 Å². The second-order valence-corrected chi connectivity index (χ2v) is 5.54. The predicted molar refractivity (Wildman–Crippen MR) is 82.9 cm³/mol. The van der Waals surface area contributed by atoms with Crippen molar-refractivity contribution in [1.82, 2.24) is 10.6 Å². The van der Waals surface area contributed by atoms with Gasteiger partial charge in [0.05, 0.1) is 0 Å². The van der Waals surface area contributed by atoms with E-state index in [1.54, 1.807) is 7.05 Å². The van der Waals surface area contributed by atoms with E-state index in [0.29, 0.717) is 0 Å². The maximum atomic E-state index is 11.7. The minimum absolute atomic E-state index is 0.175. The van der Waals surface area contributed by atoms with E-state index in [-0.39, 0.29) is 11.8 Å².